The summed E-state index contributed by atoms with van der Waals surface area (Å²) in [5.74, 6) is 1.07. The van der Waals surface area contributed by atoms with Gasteiger partial charge in [-0.25, -0.2) is 0 Å². The summed E-state index contributed by atoms with van der Waals surface area (Å²) in [7, 11) is 3.07. The average molecular weight is 232 g/mol. The molecule has 0 saturated carbocycles. The van der Waals surface area contributed by atoms with E-state index >= 15 is 0 Å². The Bertz CT molecular complexity index is 575. The summed E-state index contributed by atoms with van der Waals surface area (Å²) in [4.78, 5) is 11.0. The summed E-state index contributed by atoms with van der Waals surface area (Å²) >= 11 is 0. The minimum atomic E-state index is -0.0419. The lowest BCUT2D eigenvalue weighted by molar-refractivity contribution is 0.112. The van der Waals surface area contributed by atoms with Crippen LogP contribution in [-0.4, -0.2) is 25.6 Å². The van der Waals surface area contributed by atoms with Crippen molar-refractivity contribution in [3.05, 3.63) is 29.8 Å². The molecule has 1 N–H and O–H groups in total. The molecule has 4 heteroatoms. The van der Waals surface area contributed by atoms with Crippen LogP contribution in [0.3, 0.4) is 0 Å². The molecule has 0 aliphatic rings. The third-order valence-electron chi connectivity index (χ3n) is 2.66. The number of phenols is 1. The van der Waals surface area contributed by atoms with Crippen LogP contribution in [0.5, 0.6) is 17.2 Å². The van der Waals surface area contributed by atoms with Gasteiger partial charge in [0.15, 0.2) is 17.8 Å². The Labute approximate surface area is 98.4 Å². The minimum absolute atomic E-state index is 0.0419. The van der Waals surface area contributed by atoms with E-state index in [4.69, 9.17) is 9.47 Å². The zero-order chi connectivity index (χ0) is 12.4. The number of carbonyl (C=O) groups excluding carboxylic acids is 1. The van der Waals surface area contributed by atoms with Crippen LogP contribution in [0.15, 0.2) is 24.3 Å². The van der Waals surface area contributed by atoms with E-state index in [0.717, 1.165) is 5.39 Å². The van der Waals surface area contributed by atoms with Crippen LogP contribution in [0.25, 0.3) is 10.8 Å². The Morgan fingerprint density at radius 1 is 1.12 bits per heavy atom. The highest BCUT2D eigenvalue weighted by atomic mass is 16.5. The molecule has 0 heterocycles. The first kappa shape index (κ1) is 11.3. The van der Waals surface area contributed by atoms with E-state index in [2.05, 4.69) is 0 Å². The lowest BCUT2D eigenvalue weighted by Crippen LogP contribution is -1.92. The van der Waals surface area contributed by atoms with Gasteiger partial charge in [-0.15, -0.1) is 0 Å². The number of benzene rings is 2. The van der Waals surface area contributed by atoms with Gasteiger partial charge in [0.1, 0.15) is 5.75 Å². The van der Waals surface area contributed by atoms with E-state index in [0.29, 0.717) is 23.2 Å². The lowest BCUT2D eigenvalue weighted by atomic mass is 10.0. The highest BCUT2D eigenvalue weighted by molar-refractivity contribution is 6.02. The monoisotopic (exact) mass is 232 g/mol. The number of ether oxygens (including phenoxy) is 2. The Balaban J connectivity index is 2.82. The number of rotatable bonds is 3. The largest absolute Gasteiger partial charge is 0.507 e. The van der Waals surface area contributed by atoms with Crippen molar-refractivity contribution >= 4 is 17.1 Å². The van der Waals surface area contributed by atoms with E-state index in [1.165, 1.54) is 13.2 Å². The van der Waals surface area contributed by atoms with Crippen molar-refractivity contribution in [1.82, 2.24) is 0 Å². The first-order chi connectivity index (χ1) is 8.21. The fraction of sp³-hybridized carbons (Fsp3) is 0.154. The Morgan fingerprint density at radius 3 is 2.35 bits per heavy atom. The maximum absolute atomic E-state index is 11.0. The molecule has 0 unspecified atom stereocenters. The van der Waals surface area contributed by atoms with Gasteiger partial charge >= 0.3 is 0 Å². The second kappa shape index (κ2) is 4.33. The molecule has 2 aromatic rings. The molecule has 2 aromatic carbocycles. The Morgan fingerprint density at radius 2 is 1.76 bits per heavy atom. The zero-order valence-corrected chi connectivity index (χ0v) is 9.56. The van der Waals surface area contributed by atoms with Crippen LogP contribution in [0.4, 0.5) is 0 Å². The Hall–Kier alpha value is -2.23. The lowest BCUT2D eigenvalue weighted by Gasteiger charge is -2.10. The fourth-order valence-corrected chi connectivity index (χ4v) is 1.79. The summed E-state index contributed by atoms with van der Waals surface area (Å²) in [6.45, 7) is 0. The van der Waals surface area contributed by atoms with Crippen LogP contribution in [0.2, 0.25) is 0 Å². The number of methoxy groups -OCH3 is 2. The smallest absolute Gasteiger partial charge is 0.161 e. The number of hydrogen-bond donors (Lipinski definition) is 1. The maximum Gasteiger partial charge on any atom is 0.161 e. The van der Waals surface area contributed by atoms with E-state index in [1.807, 2.05) is 0 Å². The van der Waals surface area contributed by atoms with Crippen LogP contribution < -0.4 is 9.47 Å². The van der Waals surface area contributed by atoms with Crippen molar-refractivity contribution < 1.29 is 19.4 Å². The van der Waals surface area contributed by atoms with Crippen molar-refractivity contribution in [2.45, 2.75) is 0 Å². The quantitative estimate of drug-likeness (QED) is 0.825. The van der Waals surface area contributed by atoms with Gasteiger partial charge in [0.05, 0.1) is 19.8 Å². The van der Waals surface area contributed by atoms with Crippen molar-refractivity contribution in [3.63, 3.8) is 0 Å². The fourth-order valence-electron chi connectivity index (χ4n) is 1.79. The molecule has 0 aromatic heterocycles. The van der Waals surface area contributed by atoms with Gasteiger partial charge in [0.25, 0.3) is 0 Å². The molecular formula is C13H12O4. The standard InChI is InChI=1S/C13H12O4/c1-16-12-5-8-3-4-11(15)10(7-14)9(8)6-13(12)17-2/h3-7,15H,1-2H3. The SMILES string of the molecule is COc1cc2ccc(O)c(C=O)c2cc1OC. The molecule has 0 bridgehead atoms. The predicted octanol–water partition coefficient (Wildman–Crippen LogP) is 2.38. The van der Waals surface area contributed by atoms with Crippen molar-refractivity contribution in [2.75, 3.05) is 14.2 Å². The van der Waals surface area contributed by atoms with Gasteiger partial charge < -0.3 is 14.6 Å². The molecule has 0 aliphatic carbocycles. The number of aldehydes is 1. The minimum Gasteiger partial charge on any atom is -0.507 e. The van der Waals surface area contributed by atoms with Crippen LogP contribution in [-0.2, 0) is 0 Å². The highest BCUT2D eigenvalue weighted by Crippen LogP contribution is 2.35. The number of phenolic OH excluding ortho intramolecular Hbond substituents is 1. The molecule has 2 rings (SSSR count). The molecule has 0 amide bonds. The van der Waals surface area contributed by atoms with Gasteiger partial charge in [0.2, 0.25) is 0 Å². The zero-order valence-electron chi connectivity index (χ0n) is 9.56. The molecule has 88 valence electrons. The van der Waals surface area contributed by atoms with Crippen LogP contribution >= 0.6 is 0 Å². The third-order valence-corrected chi connectivity index (χ3v) is 2.66. The van der Waals surface area contributed by atoms with Crippen LogP contribution in [0, 0.1) is 0 Å². The third kappa shape index (κ3) is 1.78. The van der Waals surface area contributed by atoms with E-state index < -0.39 is 0 Å². The van der Waals surface area contributed by atoms with E-state index in [-0.39, 0.29) is 11.3 Å². The van der Waals surface area contributed by atoms with Crippen molar-refractivity contribution in [1.29, 1.82) is 0 Å². The highest BCUT2D eigenvalue weighted by Gasteiger charge is 2.11. The molecule has 0 saturated heterocycles. The molecule has 4 nitrogen and oxygen atoms in total. The molecule has 0 radical (unpaired) electrons. The molecule has 0 atom stereocenters. The van der Waals surface area contributed by atoms with Gasteiger partial charge in [-0.1, -0.05) is 6.07 Å². The second-order valence-corrected chi connectivity index (χ2v) is 3.54. The molecule has 0 aliphatic heterocycles. The summed E-state index contributed by atoms with van der Waals surface area (Å²) < 4.78 is 10.3. The summed E-state index contributed by atoms with van der Waals surface area (Å²) in [6.07, 6.45) is 0.629. The van der Waals surface area contributed by atoms with E-state index in [1.54, 1.807) is 25.3 Å². The average Bonchev–Trinajstić information content (AvgIpc) is 2.37. The topological polar surface area (TPSA) is 55.8 Å². The van der Waals surface area contributed by atoms with Crippen molar-refractivity contribution in [2.24, 2.45) is 0 Å². The normalized spacial score (nSPS) is 10.2. The summed E-state index contributed by atoms with van der Waals surface area (Å²) in [6, 6.07) is 6.65. The molecule has 0 spiro atoms. The number of aromatic hydroxyl groups is 1. The number of carbonyl (C=O) groups is 1. The predicted molar refractivity (Wildman–Crippen MR) is 64.1 cm³/mol. The van der Waals surface area contributed by atoms with Crippen LogP contribution in [0.1, 0.15) is 10.4 Å². The summed E-state index contributed by atoms with van der Waals surface area (Å²) in [5.41, 5.74) is 0.253. The first-order valence-electron chi connectivity index (χ1n) is 5.04. The number of fused-ring (bicyclic) bond motifs is 1. The van der Waals surface area contributed by atoms with E-state index in [9.17, 15) is 9.90 Å². The van der Waals surface area contributed by atoms with Gasteiger partial charge in [0, 0.05) is 0 Å². The Kier molecular flexibility index (Phi) is 2.87. The molecule has 17 heavy (non-hydrogen) atoms. The maximum atomic E-state index is 11.0. The second-order valence-electron chi connectivity index (χ2n) is 3.54. The molecule has 0 fully saturated rings. The molecular weight excluding hydrogens is 220 g/mol. The van der Waals surface area contributed by atoms with Crippen molar-refractivity contribution in [3.8, 4) is 17.2 Å². The van der Waals surface area contributed by atoms with Gasteiger partial charge in [-0.05, 0) is 29.0 Å². The van der Waals surface area contributed by atoms with Gasteiger partial charge in [-0.2, -0.15) is 0 Å². The first-order valence-corrected chi connectivity index (χ1v) is 5.04. The van der Waals surface area contributed by atoms with Gasteiger partial charge in [-0.3, -0.25) is 4.79 Å². The summed E-state index contributed by atoms with van der Waals surface area (Å²) in [5, 5.41) is 11.0. The number of hydrogen-bond acceptors (Lipinski definition) is 4.